The second kappa shape index (κ2) is 6.13. The number of rotatable bonds is 3. The number of benzene rings is 2. The van der Waals surface area contributed by atoms with Gasteiger partial charge in [-0.3, -0.25) is 9.59 Å². The average molecular weight is 341 g/mol. The van der Waals surface area contributed by atoms with E-state index in [1.165, 1.54) is 0 Å². The summed E-state index contributed by atoms with van der Waals surface area (Å²) in [6, 6.07) is 13.2. The van der Waals surface area contributed by atoms with Crippen LogP contribution in [0.25, 0.3) is 0 Å². The molecule has 0 unspecified atom stereocenters. The van der Waals surface area contributed by atoms with Crippen LogP contribution in [0.1, 0.15) is 16.7 Å². The Morgan fingerprint density at radius 2 is 1.62 bits per heavy atom. The van der Waals surface area contributed by atoms with Crippen molar-refractivity contribution in [1.29, 1.82) is 0 Å². The molecule has 0 atom stereocenters. The zero-order valence-electron chi connectivity index (χ0n) is 13.7. The number of nitrogens with one attached hydrogen (secondary N) is 1. The lowest BCUT2D eigenvalue weighted by atomic mass is 10.1. The number of imide groups is 1. The summed E-state index contributed by atoms with van der Waals surface area (Å²) in [6.07, 6.45) is 0. The number of halogens is 1. The summed E-state index contributed by atoms with van der Waals surface area (Å²) < 4.78 is 0. The van der Waals surface area contributed by atoms with Crippen molar-refractivity contribution < 1.29 is 9.59 Å². The van der Waals surface area contributed by atoms with Gasteiger partial charge in [-0.2, -0.15) is 0 Å². The number of anilines is 2. The molecule has 0 saturated heterocycles. The lowest BCUT2D eigenvalue weighted by Crippen LogP contribution is -2.32. The third-order valence-electron chi connectivity index (χ3n) is 3.92. The van der Waals surface area contributed by atoms with Crippen LogP contribution in [0.4, 0.5) is 11.4 Å². The van der Waals surface area contributed by atoms with Gasteiger partial charge in [-0.15, -0.1) is 0 Å². The number of amides is 2. The third kappa shape index (κ3) is 2.81. The van der Waals surface area contributed by atoms with Crippen molar-refractivity contribution in [2.24, 2.45) is 0 Å². The molecule has 3 rings (SSSR count). The molecule has 0 aliphatic carbocycles. The van der Waals surface area contributed by atoms with Crippen molar-refractivity contribution in [3.05, 3.63) is 69.9 Å². The van der Waals surface area contributed by atoms with Gasteiger partial charge in [0.05, 0.1) is 5.69 Å². The van der Waals surface area contributed by atoms with E-state index >= 15 is 0 Å². The standard InChI is InChI=1S/C19H17ClN2O2/c1-11-5-4-6-14(9-11)21-17-16(20)18(23)22(19(17)24)15-10-12(2)7-8-13(15)3/h4-10,21H,1-3H3. The highest BCUT2D eigenvalue weighted by molar-refractivity contribution is 6.53. The van der Waals surface area contributed by atoms with Gasteiger partial charge >= 0.3 is 0 Å². The maximum Gasteiger partial charge on any atom is 0.283 e. The Balaban J connectivity index is 1.97. The molecule has 2 aromatic rings. The summed E-state index contributed by atoms with van der Waals surface area (Å²) in [5.74, 6) is -0.953. The first-order chi connectivity index (χ1) is 11.4. The highest BCUT2D eigenvalue weighted by Crippen LogP contribution is 2.32. The summed E-state index contributed by atoms with van der Waals surface area (Å²) in [4.78, 5) is 26.4. The molecule has 24 heavy (non-hydrogen) atoms. The molecule has 122 valence electrons. The van der Waals surface area contributed by atoms with E-state index in [4.69, 9.17) is 11.6 Å². The van der Waals surface area contributed by atoms with Gasteiger partial charge in [0, 0.05) is 5.69 Å². The number of nitrogens with zero attached hydrogens (tertiary/aromatic N) is 1. The minimum atomic E-state index is -0.509. The molecule has 0 radical (unpaired) electrons. The maximum atomic E-state index is 12.8. The van der Waals surface area contributed by atoms with Gasteiger partial charge in [-0.25, -0.2) is 4.90 Å². The highest BCUT2D eigenvalue weighted by atomic mass is 35.5. The van der Waals surface area contributed by atoms with Gasteiger partial charge in [0.2, 0.25) is 0 Å². The van der Waals surface area contributed by atoms with Gasteiger partial charge in [0.1, 0.15) is 10.7 Å². The molecular formula is C19H17ClN2O2. The van der Waals surface area contributed by atoms with Crippen molar-refractivity contribution in [1.82, 2.24) is 0 Å². The Hall–Kier alpha value is -2.59. The van der Waals surface area contributed by atoms with Gasteiger partial charge in [-0.1, -0.05) is 35.9 Å². The molecule has 0 spiro atoms. The predicted molar refractivity (Wildman–Crippen MR) is 96.1 cm³/mol. The minimum absolute atomic E-state index is 0.0950. The first-order valence-corrected chi connectivity index (χ1v) is 7.96. The van der Waals surface area contributed by atoms with E-state index < -0.39 is 11.8 Å². The number of hydrogen-bond donors (Lipinski definition) is 1. The quantitative estimate of drug-likeness (QED) is 0.858. The number of aryl methyl sites for hydroxylation is 3. The molecule has 0 bridgehead atoms. The fourth-order valence-corrected chi connectivity index (χ4v) is 2.87. The molecule has 0 aromatic heterocycles. The van der Waals surface area contributed by atoms with E-state index in [2.05, 4.69) is 5.32 Å². The second-order valence-corrected chi connectivity index (χ2v) is 6.30. The van der Waals surface area contributed by atoms with E-state index in [1.807, 2.05) is 63.2 Å². The SMILES string of the molecule is Cc1cccc(NC2=C(Cl)C(=O)N(c3cc(C)ccc3C)C2=O)c1. The third-order valence-corrected chi connectivity index (χ3v) is 4.27. The van der Waals surface area contributed by atoms with Crippen LogP contribution in [0.3, 0.4) is 0 Å². The van der Waals surface area contributed by atoms with Crippen molar-refractivity contribution in [3.8, 4) is 0 Å². The normalized spacial score (nSPS) is 14.6. The Bertz CT molecular complexity index is 887. The summed E-state index contributed by atoms with van der Waals surface area (Å²) in [5.41, 5.74) is 4.22. The smallest absolute Gasteiger partial charge is 0.283 e. The zero-order chi connectivity index (χ0) is 17.4. The Labute approximate surface area is 145 Å². The number of hydrogen-bond acceptors (Lipinski definition) is 3. The monoisotopic (exact) mass is 340 g/mol. The number of carbonyl (C=O) groups is 2. The topological polar surface area (TPSA) is 49.4 Å². The van der Waals surface area contributed by atoms with Crippen molar-refractivity contribution in [2.45, 2.75) is 20.8 Å². The Morgan fingerprint density at radius 3 is 2.33 bits per heavy atom. The van der Waals surface area contributed by atoms with Crippen LogP contribution in [-0.4, -0.2) is 11.8 Å². The van der Waals surface area contributed by atoms with E-state index in [1.54, 1.807) is 0 Å². The van der Waals surface area contributed by atoms with Crippen molar-refractivity contribution in [3.63, 3.8) is 0 Å². The van der Waals surface area contributed by atoms with E-state index in [0.29, 0.717) is 11.4 Å². The van der Waals surface area contributed by atoms with Crippen LogP contribution < -0.4 is 10.2 Å². The van der Waals surface area contributed by atoms with Crippen LogP contribution in [0.5, 0.6) is 0 Å². The van der Waals surface area contributed by atoms with Gasteiger partial charge in [0.25, 0.3) is 11.8 Å². The van der Waals surface area contributed by atoms with E-state index in [-0.39, 0.29) is 10.7 Å². The first-order valence-electron chi connectivity index (χ1n) is 7.58. The second-order valence-electron chi connectivity index (χ2n) is 5.92. The molecular weight excluding hydrogens is 324 g/mol. The van der Waals surface area contributed by atoms with Crippen molar-refractivity contribution in [2.75, 3.05) is 10.2 Å². The minimum Gasteiger partial charge on any atom is -0.350 e. The van der Waals surface area contributed by atoms with E-state index in [0.717, 1.165) is 21.6 Å². The summed E-state index contributed by atoms with van der Waals surface area (Å²) in [5, 5.41) is 2.89. The Morgan fingerprint density at radius 1 is 0.917 bits per heavy atom. The van der Waals surface area contributed by atoms with Crippen LogP contribution in [0.15, 0.2) is 53.2 Å². The Kier molecular flexibility index (Phi) is 4.16. The molecule has 4 nitrogen and oxygen atoms in total. The average Bonchev–Trinajstić information content (AvgIpc) is 2.74. The summed E-state index contributed by atoms with van der Waals surface area (Å²) in [6.45, 7) is 5.72. The molecule has 0 saturated carbocycles. The van der Waals surface area contributed by atoms with Gasteiger partial charge in [-0.05, 0) is 55.7 Å². The number of carbonyl (C=O) groups excluding carboxylic acids is 2. The molecule has 2 amide bonds. The summed E-state index contributed by atoms with van der Waals surface area (Å²) >= 11 is 6.16. The highest BCUT2D eigenvalue weighted by Gasteiger charge is 2.39. The van der Waals surface area contributed by atoms with Crippen LogP contribution in [0, 0.1) is 20.8 Å². The molecule has 2 aromatic carbocycles. The van der Waals surface area contributed by atoms with Gasteiger partial charge < -0.3 is 5.32 Å². The lowest BCUT2D eigenvalue weighted by molar-refractivity contribution is -0.120. The maximum absolute atomic E-state index is 12.8. The molecule has 5 heteroatoms. The van der Waals surface area contributed by atoms with E-state index in [9.17, 15) is 9.59 Å². The van der Waals surface area contributed by atoms with Crippen LogP contribution >= 0.6 is 11.6 Å². The largest absolute Gasteiger partial charge is 0.350 e. The summed E-state index contributed by atoms with van der Waals surface area (Å²) in [7, 11) is 0. The molecule has 1 aliphatic heterocycles. The molecule has 1 aliphatic rings. The lowest BCUT2D eigenvalue weighted by Gasteiger charge is -2.18. The van der Waals surface area contributed by atoms with Crippen LogP contribution in [0.2, 0.25) is 0 Å². The molecule has 1 N–H and O–H groups in total. The fraction of sp³-hybridized carbons (Fsp3) is 0.158. The van der Waals surface area contributed by atoms with Crippen LogP contribution in [-0.2, 0) is 9.59 Å². The van der Waals surface area contributed by atoms with Gasteiger partial charge in [0.15, 0.2) is 0 Å². The first kappa shape index (κ1) is 16.3. The predicted octanol–water partition coefficient (Wildman–Crippen LogP) is 4.05. The fourth-order valence-electron chi connectivity index (χ4n) is 2.66. The molecule has 0 fully saturated rings. The van der Waals surface area contributed by atoms with Crippen molar-refractivity contribution >= 4 is 34.8 Å². The molecule has 1 heterocycles. The zero-order valence-corrected chi connectivity index (χ0v) is 14.4.